The number of terminal acetylenes is 1. The highest BCUT2D eigenvalue weighted by Gasteiger charge is 2.25. The molecule has 1 amide bonds. The number of benzene rings is 1. The van der Waals surface area contributed by atoms with Crippen LogP contribution in [-0.2, 0) is 4.74 Å². The number of rotatable bonds is 3. The van der Waals surface area contributed by atoms with Crippen LogP contribution in [0.1, 0.15) is 24.5 Å². The van der Waals surface area contributed by atoms with E-state index >= 15 is 0 Å². The van der Waals surface area contributed by atoms with Crippen molar-refractivity contribution in [3.63, 3.8) is 0 Å². The second kappa shape index (κ2) is 4.71. The normalized spacial score (nSPS) is 15.9. The monoisotopic (exact) mass is 215 g/mol. The molecule has 16 heavy (non-hydrogen) atoms. The van der Waals surface area contributed by atoms with Gasteiger partial charge in [0.05, 0.1) is 0 Å². The van der Waals surface area contributed by atoms with Crippen molar-refractivity contribution in [2.45, 2.75) is 25.0 Å². The maximum atomic E-state index is 11.4. The summed E-state index contributed by atoms with van der Waals surface area (Å²) in [6.45, 7) is 0. The second-order valence-corrected chi connectivity index (χ2v) is 3.78. The van der Waals surface area contributed by atoms with Crippen molar-refractivity contribution >= 4 is 6.09 Å². The summed E-state index contributed by atoms with van der Waals surface area (Å²) < 4.78 is 5.15. The van der Waals surface area contributed by atoms with Crippen molar-refractivity contribution < 1.29 is 9.53 Å². The van der Waals surface area contributed by atoms with Crippen molar-refractivity contribution in [3.8, 4) is 12.3 Å². The van der Waals surface area contributed by atoms with Gasteiger partial charge in [0, 0.05) is 11.6 Å². The van der Waals surface area contributed by atoms with E-state index in [4.69, 9.17) is 11.2 Å². The van der Waals surface area contributed by atoms with Gasteiger partial charge in [0.1, 0.15) is 0 Å². The first kappa shape index (κ1) is 10.6. The van der Waals surface area contributed by atoms with Crippen LogP contribution < -0.4 is 5.32 Å². The second-order valence-electron chi connectivity index (χ2n) is 3.78. The fraction of sp³-hybridized carbons (Fsp3) is 0.308. The van der Waals surface area contributed by atoms with Crippen LogP contribution in [0, 0.1) is 12.3 Å². The number of hydrogen-bond acceptors (Lipinski definition) is 2. The molecule has 0 aromatic heterocycles. The highest BCUT2D eigenvalue weighted by molar-refractivity contribution is 5.68. The number of nitrogens with one attached hydrogen (secondary N) is 1. The summed E-state index contributed by atoms with van der Waals surface area (Å²) in [6.07, 6.45) is 6.36. The molecule has 82 valence electrons. The third-order valence-electron chi connectivity index (χ3n) is 2.38. The summed E-state index contributed by atoms with van der Waals surface area (Å²) in [5.74, 6) is 2.46. The summed E-state index contributed by atoms with van der Waals surface area (Å²) in [4.78, 5) is 11.4. The third-order valence-corrected chi connectivity index (χ3v) is 2.38. The van der Waals surface area contributed by atoms with E-state index in [1.165, 1.54) is 0 Å². The molecule has 1 unspecified atom stereocenters. The molecule has 3 heteroatoms. The molecule has 3 nitrogen and oxygen atoms in total. The van der Waals surface area contributed by atoms with E-state index in [0.717, 1.165) is 18.4 Å². The molecule has 1 atom stereocenters. The Kier molecular flexibility index (Phi) is 3.11. The number of alkyl carbamates (subject to hydrolysis) is 1. The lowest BCUT2D eigenvalue weighted by molar-refractivity contribution is 0.123. The Balaban J connectivity index is 1.95. The van der Waals surface area contributed by atoms with Gasteiger partial charge in [0.15, 0.2) is 6.10 Å². The van der Waals surface area contributed by atoms with Crippen molar-refractivity contribution in [2.24, 2.45) is 0 Å². The average molecular weight is 215 g/mol. The summed E-state index contributed by atoms with van der Waals surface area (Å²) in [5, 5.41) is 2.73. The van der Waals surface area contributed by atoms with Gasteiger partial charge in [-0.05, 0) is 12.8 Å². The first-order valence-electron chi connectivity index (χ1n) is 5.28. The highest BCUT2D eigenvalue weighted by Crippen LogP contribution is 2.20. The molecule has 0 aliphatic heterocycles. The molecule has 0 bridgehead atoms. The van der Waals surface area contributed by atoms with Gasteiger partial charge in [0.2, 0.25) is 0 Å². The minimum absolute atomic E-state index is 0.279. The topological polar surface area (TPSA) is 38.3 Å². The van der Waals surface area contributed by atoms with Gasteiger partial charge in [0.25, 0.3) is 0 Å². The number of amides is 1. The molecule has 1 N–H and O–H groups in total. The zero-order chi connectivity index (χ0) is 11.4. The first-order valence-corrected chi connectivity index (χ1v) is 5.28. The lowest BCUT2D eigenvalue weighted by atomic mass is 10.1. The first-order chi connectivity index (χ1) is 7.79. The van der Waals surface area contributed by atoms with Crippen LogP contribution in [0.15, 0.2) is 30.3 Å². The van der Waals surface area contributed by atoms with Crippen LogP contribution >= 0.6 is 0 Å². The molecular weight excluding hydrogens is 202 g/mol. The summed E-state index contributed by atoms with van der Waals surface area (Å²) >= 11 is 0. The summed E-state index contributed by atoms with van der Waals surface area (Å²) in [6, 6.07) is 9.58. The molecule has 1 fully saturated rings. The van der Waals surface area contributed by atoms with Crippen LogP contribution in [0.3, 0.4) is 0 Å². The molecule has 1 saturated carbocycles. The van der Waals surface area contributed by atoms with Crippen LogP contribution in [0.25, 0.3) is 0 Å². The number of carbonyl (C=O) groups is 1. The SMILES string of the molecule is C#CC(OC(=O)NC1CC1)c1ccccc1. The van der Waals surface area contributed by atoms with Gasteiger partial charge >= 0.3 is 6.09 Å². The molecule has 0 saturated heterocycles. The predicted octanol–water partition coefficient (Wildman–Crippen LogP) is 2.25. The minimum atomic E-state index is -0.611. The van der Waals surface area contributed by atoms with Crippen molar-refractivity contribution in [1.29, 1.82) is 0 Å². The van der Waals surface area contributed by atoms with Crippen LogP contribution in [0.2, 0.25) is 0 Å². The third kappa shape index (κ3) is 2.77. The van der Waals surface area contributed by atoms with E-state index in [-0.39, 0.29) is 6.04 Å². The molecule has 0 radical (unpaired) electrons. The molecule has 0 heterocycles. The molecule has 1 aromatic rings. The molecule has 0 spiro atoms. The average Bonchev–Trinajstić information content (AvgIpc) is 3.11. The Morgan fingerprint density at radius 2 is 2.12 bits per heavy atom. The Morgan fingerprint density at radius 1 is 1.44 bits per heavy atom. The van der Waals surface area contributed by atoms with Crippen LogP contribution in [-0.4, -0.2) is 12.1 Å². The molecule has 1 aliphatic rings. The number of hydrogen-bond donors (Lipinski definition) is 1. The van der Waals surface area contributed by atoms with E-state index in [9.17, 15) is 4.79 Å². The van der Waals surface area contributed by atoms with Gasteiger partial charge in [-0.15, -0.1) is 6.42 Å². The van der Waals surface area contributed by atoms with Crippen LogP contribution in [0.4, 0.5) is 4.79 Å². The summed E-state index contributed by atoms with van der Waals surface area (Å²) in [7, 11) is 0. The Bertz CT molecular complexity index is 404. The predicted molar refractivity (Wildman–Crippen MR) is 60.7 cm³/mol. The van der Waals surface area contributed by atoms with Gasteiger partial charge < -0.3 is 10.1 Å². The molecule has 2 rings (SSSR count). The fourth-order valence-electron chi connectivity index (χ4n) is 1.36. The Morgan fingerprint density at radius 3 is 2.69 bits per heavy atom. The number of carbonyl (C=O) groups excluding carboxylic acids is 1. The Labute approximate surface area is 94.8 Å². The Hall–Kier alpha value is -1.95. The van der Waals surface area contributed by atoms with E-state index in [1.807, 2.05) is 30.3 Å². The standard InChI is InChI=1S/C13H13NO2/c1-2-12(10-6-4-3-5-7-10)16-13(15)14-11-8-9-11/h1,3-7,11-12H,8-9H2,(H,14,15). The van der Waals surface area contributed by atoms with E-state index < -0.39 is 12.2 Å². The number of ether oxygens (including phenoxy) is 1. The molecular formula is C13H13NO2. The lowest BCUT2D eigenvalue weighted by Gasteiger charge is -2.12. The van der Waals surface area contributed by atoms with Crippen molar-refractivity contribution in [1.82, 2.24) is 5.32 Å². The zero-order valence-corrected chi connectivity index (χ0v) is 8.85. The van der Waals surface area contributed by atoms with E-state index in [0.29, 0.717) is 0 Å². The highest BCUT2D eigenvalue weighted by atomic mass is 16.6. The molecule has 1 aliphatic carbocycles. The van der Waals surface area contributed by atoms with E-state index in [2.05, 4.69) is 11.2 Å². The zero-order valence-electron chi connectivity index (χ0n) is 8.85. The molecule has 1 aromatic carbocycles. The maximum Gasteiger partial charge on any atom is 0.408 e. The summed E-state index contributed by atoms with van der Waals surface area (Å²) in [5.41, 5.74) is 0.816. The lowest BCUT2D eigenvalue weighted by Crippen LogP contribution is -2.27. The van der Waals surface area contributed by atoms with Crippen molar-refractivity contribution in [2.75, 3.05) is 0 Å². The largest absolute Gasteiger partial charge is 0.428 e. The minimum Gasteiger partial charge on any atom is -0.428 e. The van der Waals surface area contributed by atoms with Crippen molar-refractivity contribution in [3.05, 3.63) is 35.9 Å². The van der Waals surface area contributed by atoms with Crippen LogP contribution in [0.5, 0.6) is 0 Å². The van der Waals surface area contributed by atoms with E-state index in [1.54, 1.807) is 0 Å². The smallest absolute Gasteiger partial charge is 0.408 e. The van der Waals surface area contributed by atoms with Gasteiger partial charge in [-0.1, -0.05) is 36.3 Å². The quantitative estimate of drug-likeness (QED) is 0.785. The van der Waals surface area contributed by atoms with Gasteiger partial charge in [-0.2, -0.15) is 0 Å². The maximum absolute atomic E-state index is 11.4. The van der Waals surface area contributed by atoms with Gasteiger partial charge in [-0.25, -0.2) is 4.79 Å². The van der Waals surface area contributed by atoms with Gasteiger partial charge in [-0.3, -0.25) is 0 Å². The fourth-order valence-corrected chi connectivity index (χ4v) is 1.36.